The Hall–Kier alpha value is -1.04. The molecule has 0 amide bonds. The van der Waals surface area contributed by atoms with Crippen LogP contribution in [0.25, 0.3) is 0 Å². The first kappa shape index (κ1) is 13.0. The molecule has 0 bridgehead atoms. The summed E-state index contributed by atoms with van der Waals surface area (Å²) in [6.07, 6.45) is -0.682. The number of rotatable bonds is 6. The van der Waals surface area contributed by atoms with Crippen LogP contribution in [0.5, 0.6) is 0 Å². The number of aryl methyl sites for hydroxylation is 1. The molecule has 1 aromatic rings. The quantitative estimate of drug-likeness (QED) is 0.767. The normalized spacial score (nSPS) is 12.0. The lowest BCUT2D eigenvalue weighted by molar-refractivity contribution is -0.137. The van der Waals surface area contributed by atoms with E-state index in [0.29, 0.717) is 6.54 Å². The molecule has 0 aliphatic rings. The third kappa shape index (κ3) is 5.16. The van der Waals surface area contributed by atoms with E-state index in [1.54, 1.807) is 12.4 Å². The van der Waals surface area contributed by atoms with Gasteiger partial charge in [0, 0.05) is 24.8 Å². The zero-order chi connectivity index (χ0) is 12.0. The van der Waals surface area contributed by atoms with Crippen LogP contribution in [0.3, 0.4) is 0 Å². The van der Waals surface area contributed by atoms with Gasteiger partial charge in [0.1, 0.15) is 0 Å². The summed E-state index contributed by atoms with van der Waals surface area (Å²) in [5.74, 6) is 0. The minimum Gasteiger partial charge on any atom is -0.313 e. The maximum Gasteiger partial charge on any atom is 0.390 e. The molecule has 0 aliphatic carbocycles. The van der Waals surface area contributed by atoms with Gasteiger partial charge in [0.15, 0.2) is 0 Å². The van der Waals surface area contributed by atoms with Crippen molar-refractivity contribution in [2.24, 2.45) is 0 Å². The SMILES string of the molecule is CCCNCc1cnn(CCC(F)(F)F)c1. The van der Waals surface area contributed by atoms with Gasteiger partial charge in [0.2, 0.25) is 0 Å². The molecule has 0 atom stereocenters. The average molecular weight is 235 g/mol. The van der Waals surface area contributed by atoms with Crippen LogP contribution in [0.2, 0.25) is 0 Å². The zero-order valence-electron chi connectivity index (χ0n) is 9.22. The van der Waals surface area contributed by atoms with Crippen molar-refractivity contribution >= 4 is 0 Å². The molecule has 92 valence electrons. The van der Waals surface area contributed by atoms with E-state index >= 15 is 0 Å². The van der Waals surface area contributed by atoms with Gasteiger partial charge in [-0.1, -0.05) is 6.92 Å². The summed E-state index contributed by atoms with van der Waals surface area (Å²) in [6, 6.07) is 0. The summed E-state index contributed by atoms with van der Waals surface area (Å²) in [6.45, 7) is 3.49. The first-order valence-electron chi connectivity index (χ1n) is 5.30. The molecule has 0 saturated heterocycles. The fourth-order valence-electron chi connectivity index (χ4n) is 1.27. The van der Waals surface area contributed by atoms with Gasteiger partial charge in [0.25, 0.3) is 0 Å². The first-order valence-corrected chi connectivity index (χ1v) is 5.30. The van der Waals surface area contributed by atoms with Gasteiger partial charge < -0.3 is 5.32 Å². The van der Waals surface area contributed by atoms with Gasteiger partial charge in [-0.25, -0.2) is 0 Å². The number of halogens is 3. The lowest BCUT2D eigenvalue weighted by Gasteiger charge is -2.05. The maximum atomic E-state index is 11.9. The van der Waals surface area contributed by atoms with Gasteiger partial charge in [0.05, 0.1) is 12.6 Å². The third-order valence-corrected chi connectivity index (χ3v) is 2.07. The minimum absolute atomic E-state index is 0.114. The Balaban J connectivity index is 2.33. The molecule has 0 saturated carbocycles. The van der Waals surface area contributed by atoms with E-state index in [0.717, 1.165) is 18.5 Å². The van der Waals surface area contributed by atoms with Gasteiger partial charge in [-0.05, 0) is 13.0 Å². The van der Waals surface area contributed by atoms with E-state index in [-0.39, 0.29) is 6.54 Å². The van der Waals surface area contributed by atoms with Crippen LogP contribution in [0.1, 0.15) is 25.3 Å². The number of alkyl halides is 3. The Morgan fingerprint density at radius 2 is 2.19 bits per heavy atom. The highest BCUT2D eigenvalue weighted by Crippen LogP contribution is 2.19. The Morgan fingerprint density at radius 1 is 1.44 bits per heavy atom. The number of aromatic nitrogens is 2. The fourth-order valence-corrected chi connectivity index (χ4v) is 1.27. The predicted octanol–water partition coefficient (Wildman–Crippen LogP) is 2.34. The molecule has 0 spiro atoms. The summed E-state index contributed by atoms with van der Waals surface area (Å²) in [4.78, 5) is 0. The second-order valence-corrected chi connectivity index (χ2v) is 3.65. The lowest BCUT2D eigenvalue weighted by atomic mass is 10.3. The topological polar surface area (TPSA) is 29.9 Å². The van der Waals surface area contributed by atoms with Crippen molar-refractivity contribution in [3.8, 4) is 0 Å². The van der Waals surface area contributed by atoms with E-state index in [9.17, 15) is 13.2 Å². The summed E-state index contributed by atoms with van der Waals surface area (Å²) < 4.78 is 37.2. The van der Waals surface area contributed by atoms with Crippen LogP contribution >= 0.6 is 0 Å². The molecule has 0 fully saturated rings. The summed E-state index contributed by atoms with van der Waals surface area (Å²) in [7, 11) is 0. The number of nitrogens with zero attached hydrogens (tertiary/aromatic N) is 2. The number of hydrogen-bond acceptors (Lipinski definition) is 2. The monoisotopic (exact) mass is 235 g/mol. The van der Waals surface area contributed by atoms with Gasteiger partial charge in [-0.15, -0.1) is 0 Å². The van der Waals surface area contributed by atoms with Crippen molar-refractivity contribution < 1.29 is 13.2 Å². The molecule has 1 rings (SSSR count). The third-order valence-electron chi connectivity index (χ3n) is 2.07. The van der Waals surface area contributed by atoms with Crippen LogP contribution in [0.15, 0.2) is 12.4 Å². The lowest BCUT2D eigenvalue weighted by Crippen LogP contribution is -2.14. The van der Waals surface area contributed by atoms with E-state index in [1.807, 2.05) is 0 Å². The van der Waals surface area contributed by atoms with Crippen molar-refractivity contribution in [2.45, 2.75) is 39.0 Å². The number of nitrogens with one attached hydrogen (secondary N) is 1. The van der Waals surface area contributed by atoms with Gasteiger partial charge in [-0.3, -0.25) is 4.68 Å². The van der Waals surface area contributed by atoms with E-state index < -0.39 is 12.6 Å². The maximum absolute atomic E-state index is 11.9. The Labute approximate surface area is 92.6 Å². The molecule has 0 aliphatic heterocycles. The molecule has 0 radical (unpaired) electrons. The van der Waals surface area contributed by atoms with E-state index in [2.05, 4.69) is 17.3 Å². The van der Waals surface area contributed by atoms with Crippen molar-refractivity contribution in [1.29, 1.82) is 0 Å². The van der Waals surface area contributed by atoms with Crippen LogP contribution in [0, 0.1) is 0 Å². The van der Waals surface area contributed by atoms with Crippen LogP contribution in [0.4, 0.5) is 13.2 Å². The molecular formula is C10H16F3N3. The largest absolute Gasteiger partial charge is 0.390 e. The van der Waals surface area contributed by atoms with Crippen molar-refractivity contribution in [3.05, 3.63) is 18.0 Å². The molecule has 16 heavy (non-hydrogen) atoms. The van der Waals surface area contributed by atoms with Crippen LogP contribution < -0.4 is 5.32 Å². The summed E-state index contributed by atoms with van der Waals surface area (Å²) >= 11 is 0. The van der Waals surface area contributed by atoms with Crippen molar-refractivity contribution in [3.63, 3.8) is 0 Å². The Morgan fingerprint density at radius 3 is 2.81 bits per heavy atom. The highest BCUT2D eigenvalue weighted by atomic mass is 19.4. The highest BCUT2D eigenvalue weighted by molar-refractivity contribution is 5.03. The van der Waals surface area contributed by atoms with Gasteiger partial charge in [-0.2, -0.15) is 18.3 Å². The standard InChI is InChI=1S/C10H16F3N3/c1-2-4-14-6-9-7-15-16(8-9)5-3-10(11,12)13/h7-8,14H,2-6H2,1H3. The van der Waals surface area contributed by atoms with Crippen LogP contribution in [-0.4, -0.2) is 22.5 Å². The molecule has 0 unspecified atom stereocenters. The Kier molecular flexibility index (Phi) is 4.79. The molecule has 1 heterocycles. The molecule has 1 N–H and O–H groups in total. The van der Waals surface area contributed by atoms with Crippen molar-refractivity contribution in [1.82, 2.24) is 15.1 Å². The Bertz CT molecular complexity index is 307. The molecule has 0 aromatic carbocycles. The first-order chi connectivity index (χ1) is 7.51. The number of hydrogen-bond donors (Lipinski definition) is 1. The van der Waals surface area contributed by atoms with Crippen molar-refractivity contribution in [2.75, 3.05) is 6.54 Å². The van der Waals surface area contributed by atoms with Gasteiger partial charge >= 0.3 is 6.18 Å². The molecular weight excluding hydrogens is 219 g/mol. The predicted molar refractivity (Wildman–Crippen MR) is 54.9 cm³/mol. The minimum atomic E-state index is -4.12. The second-order valence-electron chi connectivity index (χ2n) is 3.65. The average Bonchev–Trinajstić information content (AvgIpc) is 2.62. The second kappa shape index (κ2) is 5.89. The highest BCUT2D eigenvalue weighted by Gasteiger charge is 2.26. The summed E-state index contributed by atoms with van der Waals surface area (Å²) in [5.41, 5.74) is 0.913. The fraction of sp³-hybridized carbons (Fsp3) is 0.700. The van der Waals surface area contributed by atoms with Crippen LogP contribution in [-0.2, 0) is 13.1 Å². The summed E-state index contributed by atoms with van der Waals surface area (Å²) in [5, 5.41) is 7.04. The van der Waals surface area contributed by atoms with E-state index in [1.165, 1.54) is 4.68 Å². The molecule has 3 nitrogen and oxygen atoms in total. The molecule has 6 heteroatoms. The molecule has 1 aromatic heterocycles. The zero-order valence-corrected chi connectivity index (χ0v) is 9.22. The van der Waals surface area contributed by atoms with E-state index in [4.69, 9.17) is 0 Å². The smallest absolute Gasteiger partial charge is 0.313 e.